The Bertz CT molecular complexity index is 642. The van der Waals surface area contributed by atoms with Crippen LogP contribution in [-0.4, -0.2) is 0 Å². The summed E-state index contributed by atoms with van der Waals surface area (Å²) < 4.78 is 0. The van der Waals surface area contributed by atoms with Crippen molar-refractivity contribution in [3.63, 3.8) is 0 Å². The molecule has 0 aromatic rings. The van der Waals surface area contributed by atoms with Crippen LogP contribution >= 0.6 is 0 Å². The Balaban J connectivity index is 1.23. The zero-order chi connectivity index (χ0) is 18.1. The van der Waals surface area contributed by atoms with Crippen molar-refractivity contribution in [1.29, 1.82) is 0 Å². The van der Waals surface area contributed by atoms with Gasteiger partial charge in [0.05, 0.1) is 0 Å². The predicted molar refractivity (Wildman–Crippen MR) is 113 cm³/mol. The summed E-state index contributed by atoms with van der Waals surface area (Å²) in [6.07, 6.45) is 23.5. The van der Waals surface area contributed by atoms with Crippen LogP contribution in [0.5, 0.6) is 0 Å². The zero-order valence-electron chi connectivity index (χ0n) is 17.0. The lowest BCUT2D eigenvalue weighted by molar-refractivity contribution is 0.113. The summed E-state index contributed by atoms with van der Waals surface area (Å²) in [6.45, 7) is 8.43. The van der Waals surface area contributed by atoms with Gasteiger partial charge >= 0.3 is 0 Å². The Labute approximate surface area is 166 Å². The first-order valence-corrected chi connectivity index (χ1v) is 12.2. The van der Waals surface area contributed by atoms with Gasteiger partial charge in [0.2, 0.25) is 0 Å². The van der Waals surface area contributed by atoms with Gasteiger partial charge in [0.1, 0.15) is 0 Å². The molecule has 0 aromatic heterocycles. The van der Waals surface area contributed by atoms with Gasteiger partial charge in [-0.3, -0.25) is 0 Å². The van der Waals surface area contributed by atoms with Gasteiger partial charge in [-0.2, -0.15) is 0 Å². The summed E-state index contributed by atoms with van der Waals surface area (Å²) in [6, 6.07) is 0. The lowest BCUT2D eigenvalue weighted by Gasteiger charge is -2.37. The maximum Gasteiger partial charge on any atom is -0.0194 e. The molecule has 146 valence electrons. The van der Waals surface area contributed by atoms with Crippen molar-refractivity contribution in [1.82, 2.24) is 0 Å². The minimum Gasteiger partial charge on any atom is -0.103 e. The van der Waals surface area contributed by atoms with Gasteiger partial charge in [-0.15, -0.1) is 13.2 Å². The first kappa shape index (κ1) is 17.1. The van der Waals surface area contributed by atoms with Gasteiger partial charge in [0.15, 0.2) is 0 Å². The standard InChI is InChI=1S/C27H38/c1-3-16-13-18(21-8-5-7-20(16)21)11-12-19-14-17(4-2)26-24-15-25(27(19)26)23-10-6-9-22(23)24/h3-4,11-12,16-27H,1-2,5-10,13-15H2/b12-11-. The average molecular weight is 363 g/mol. The predicted octanol–water partition coefficient (Wildman–Crippen LogP) is 6.90. The van der Waals surface area contributed by atoms with E-state index in [1.807, 2.05) is 0 Å². The fourth-order valence-electron chi connectivity index (χ4n) is 10.0. The molecule has 0 heteroatoms. The molecule has 0 aliphatic heterocycles. The number of allylic oxidation sites excluding steroid dienone is 4. The molecular formula is C27H38. The zero-order valence-corrected chi connectivity index (χ0v) is 17.0. The number of hydrogen-bond acceptors (Lipinski definition) is 0. The molecule has 27 heavy (non-hydrogen) atoms. The molecule has 0 nitrogen and oxygen atoms in total. The van der Waals surface area contributed by atoms with E-state index in [1.54, 1.807) is 19.3 Å². The van der Waals surface area contributed by atoms with Crippen LogP contribution in [0.3, 0.4) is 0 Å². The monoisotopic (exact) mass is 362 g/mol. The fourth-order valence-corrected chi connectivity index (χ4v) is 10.0. The Morgan fingerprint density at radius 3 is 1.67 bits per heavy atom. The van der Waals surface area contributed by atoms with E-state index in [2.05, 4.69) is 37.5 Å². The smallest absolute Gasteiger partial charge is 0.0194 e. The largest absolute Gasteiger partial charge is 0.103 e. The third kappa shape index (κ3) is 2.34. The minimum absolute atomic E-state index is 0.797. The molecule has 0 heterocycles. The first-order valence-electron chi connectivity index (χ1n) is 12.2. The lowest BCUT2D eigenvalue weighted by atomic mass is 9.67. The van der Waals surface area contributed by atoms with E-state index in [4.69, 9.17) is 0 Å². The molecule has 2 bridgehead atoms. The van der Waals surface area contributed by atoms with Crippen LogP contribution in [0.4, 0.5) is 0 Å². The quantitative estimate of drug-likeness (QED) is 0.477. The van der Waals surface area contributed by atoms with Crippen LogP contribution in [0.2, 0.25) is 0 Å². The molecule has 0 radical (unpaired) electrons. The van der Waals surface area contributed by atoms with Gasteiger partial charge in [-0.05, 0) is 116 Å². The van der Waals surface area contributed by atoms with Crippen molar-refractivity contribution in [3.8, 4) is 0 Å². The summed E-state index contributed by atoms with van der Waals surface area (Å²) in [5.41, 5.74) is 0. The highest BCUT2D eigenvalue weighted by atomic mass is 14.7. The summed E-state index contributed by atoms with van der Waals surface area (Å²) in [4.78, 5) is 0. The van der Waals surface area contributed by atoms with E-state index in [-0.39, 0.29) is 0 Å². The third-order valence-electron chi connectivity index (χ3n) is 10.7. The van der Waals surface area contributed by atoms with E-state index in [0.29, 0.717) is 0 Å². The average Bonchev–Trinajstić information content (AvgIpc) is 3.48. The second-order valence-electron chi connectivity index (χ2n) is 11.2. The molecule has 6 aliphatic carbocycles. The summed E-state index contributed by atoms with van der Waals surface area (Å²) in [7, 11) is 0. The summed E-state index contributed by atoms with van der Waals surface area (Å²) in [5, 5.41) is 0. The molecule has 12 unspecified atom stereocenters. The summed E-state index contributed by atoms with van der Waals surface area (Å²) in [5.74, 6) is 11.6. The molecule has 12 atom stereocenters. The van der Waals surface area contributed by atoms with E-state index >= 15 is 0 Å². The Morgan fingerprint density at radius 1 is 0.481 bits per heavy atom. The van der Waals surface area contributed by atoms with E-state index in [0.717, 1.165) is 71.0 Å². The van der Waals surface area contributed by atoms with Crippen molar-refractivity contribution in [3.05, 3.63) is 37.5 Å². The van der Waals surface area contributed by atoms with E-state index in [1.165, 1.54) is 38.5 Å². The maximum atomic E-state index is 4.27. The third-order valence-corrected chi connectivity index (χ3v) is 10.7. The van der Waals surface area contributed by atoms with Gasteiger partial charge < -0.3 is 0 Å². The second-order valence-corrected chi connectivity index (χ2v) is 11.2. The maximum absolute atomic E-state index is 4.27. The molecule has 6 fully saturated rings. The fraction of sp³-hybridized carbons (Fsp3) is 0.778. The van der Waals surface area contributed by atoms with Crippen LogP contribution < -0.4 is 0 Å². The molecule has 0 N–H and O–H groups in total. The molecular weight excluding hydrogens is 324 g/mol. The minimum atomic E-state index is 0.797. The topological polar surface area (TPSA) is 0 Å². The van der Waals surface area contributed by atoms with Gasteiger partial charge in [-0.25, -0.2) is 0 Å². The van der Waals surface area contributed by atoms with Crippen LogP contribution in [0.25, 0.3) is 0 Å². The molecule has 6 rings (SSSR count). The SMILES string of the molecule is C=CC1CC(/C=C\C2CC(C=C)C3C4CC(C5CCCC54)C23)C2CCCC12. The molecule has 6 saturated carbocycles. The van der Waals surface area contributed by atoms with Gasteiger partial charge in [0.25, 0.3) is 0 Å². The van der Waals surface area contributed by atoms with Crippen molar-refractivity contribution in [2.24, 2.45) is 71.0 Å². The van der Waals surface area contributed by atoms with Gasteiger partial charge in [0, 0.05) is 0 Å². The van der Waals surface area contributed by atoms with Crippen LogP contribution in [0.15, 0.2) is 37.5 Å². The molecule has 6 aliphatic rings. The highest BCUT2D eigenvalue weighted by Gasteiger charge is 2.63. The summed E-state index contributed by atoms with van der Waals surface area (Å²) >= 11 is 0. The van der Waals surface area contributed by atoms with E-state index in [9.17, 15) is 0 Å². The Morgan fingerprint density at radius 2 is 1.00 bits per heavy atom. The molecule has 0 saturated heterocycles. The second kappa shape index (κ2) is 6.36. The first-order chi connectivity index (χ1) is 13.3. The highest BCUT2D eigenvalue weighted by molar-refractivity contribution is 5.18. The normalized spacial score (nSPS) is 57.9. The number of rotatable bonds is 4. The van der Waals surface area contributed by atoms with Crippen molar-refractivity contribution in [2.75, 3.05) is 0 Å². The van der Waals surface area contributed by atoms with Crippen LogP contribution in [-0.2, 0) is 0 Å². The Hall–Kier alpha value is -0.780. The van der Waals surface area contributed by atoms with Crippen molar-refractivity contribution in [2.45, 2.75) is 57.8 Å². The van der Waals surface area contributed by atoms with E-state index < -0.39 is 0 Å². The Kier molecular flexibility index (Phi) is 4.03. The molecule has 0 amide bonds. The number of hydrogen-bond donors (Lipinski definition) is 0. The van der Waals surface area contributed by atoms with Crippen molar-refractivity contribution < 1.29 is 0 Å². The molecule has 0 aromatic carbocycles. The molecule has 0 spiro atoms. The van der Waals surface area contributed by atoms with Crippen LogP contribution in [0.1, 0.15) is 57.8 Å². The van der Waals surface area contributed by atoms with Crippen LogP contribution in [0, 0.1) is 71.0 Å². The highest BCUT2D eigenvalue weighted by Crippen LogP contribution is 2.70. The van der Waals surface area contributed by atoms with Crippen molar-refractivity contribution >= 4 is 0 Å². The van der Waals surface area contributed by atoms with Gasteiger partial charge in [-0.1, -0.05) is 37.1 Å². The number of fused-ring (bicyclic) bond motifs is 9. The lowest BCUT2D eigenvalue weighted by Crippen LogP contribution is -2.33.